The molecule has 1 aromatic rings. The summed E-state index contributed by atoms with van der Waals surface area (Å²) in [5.74, 6) is 0.309. The van der Waals surface area contributed by atoms with Crippen LogP contribution in [0.15, 0.2) is 6.20 Å². The van der Waals surface area contributed by atoms with Gasteiger partial charge >= 0.3 is 0 Å². The number of alkyl halides is 3. The average molecular weight is 206 g/mol. The van der Waals surface area contributed by atoms with Gasteiger partial charge in [-0.3, -0.25) is 4.98 Å². The van der Waals surface area contributed by atoms with E-state index in [1.54, 1.807) is 13.8 Å². The molecule has 0 radical (unpaired) electrons. The molecule has 0 saturated heterocycles. The number of hydrogen-bond donors (Lipinski definition) is 0. The molecule has 1 heterocycles. The summed E-state index contributed by atoms with van der Waals surface area (Å²) in [5.41, 5.74) is 2.00. The first-order chi connectivity index (χ1) is 6.07. The smallest absolute Gasteiger partial charge is 0.255 e. The Hall–Kier alpha value is -0.700. The maximum absolute atomic E-state index is 12.3. The SMILES string of the molecule is Cc1c(CCl)cnc(C(F)F)c1C. The molecular formula is C9H10ClF2N. The molecule has 72 valence electrons. The lowest BCUT2D eigenvalue weighted by molar-refractivity contribution is 0.145. The van der Waals surface area contributed by atoms with Crippen molar-refractivity contribution in [1.29, 1.82) is 0 Å². The quantitative estimate of drug-likeness (QED) is 0.675. The topological polar surface area (TPSA) is 12.9 Å². The van der Waals surface area contributed by atoms with E-state index in [0.717, 1.165) is 11.1 Å². The highest BCUT2D eigenvalue weighted by molar-refractivity contribution is 6.17. The van der Waals surface area contributed by atoms with Gasteiger partial charge in [-0.05, 0) is 30.5 Å². The van der Waals surface area contributed by atoms with Crippen LogP contribution in [0.2, 0.25) is 0 Å². The Balaban J connectivity index is 3.23. The van der Waals surface area contributed by atoms with Crippen molar-refractivity contribution in [3.05, 3.63) is 28.6 Å². The minimum absolute atomic E-state index is 0.147. The van der Waals surface area contributed by atoms with Gasteiger partial charge in [0.15, 0.2) is 0 Å². The molecule has 1 aromatic heterocycles. The molecule has 0 aromatic carbocycles. The summed E-state index contributed by atoms with van der Waals surface area (Å²) >= 11 is 5.61. The van der Waals surface area contributed by atoms with Crippen LogP contribution >= 0.6 is 11.6 Å². The monoisotopic (exact) mass is 205 g/mol. The Morgan fingerprint density at radius 2 is 2.00 bits per heavy atom. The fraction of sp³-hybridized carbons (Fsp3) is 0.444. The van der Waals surface area contributed by atoms with E-state index in [1.807, 2.05) is 0 Å². The van der Waals surface area contributed by atoms with Gasteiger partial charge in [0.1, 0.15) is 5.69 Å². The van der Waals surface area contributed by atoms with E-state index in [-0.39, 0.29) is 5.69 Å². The van der Waals surface area contributed by atoms with Crippen LogP contribution in [0.25, 0.3) is 0 Å². The van der Waals surface area contributed by atoms with Crippen molar-refractivity contribution in [2.75, 3.05) is 0 Å². The average Bonchev–Trinajstić information content (AvgIpc) is 2.09. The predicted octanol–water partition coefficient (Wildman–Crippen LogP) is 3.37. The zero-order chi connectivity index (χ0) is 10.0. The van der Waals surface area contributed by atoms with Crippen LogP contribution in [-0.2, 0) is 5.88 Å². The number of halogens is 3. The molecule has 0 atom stereocenters. The van der Waals surface area contributed by atoms with Crippen molar-refractivity contribution in [3.63, 3.8) is 0 Å². The van der Waals surface area contributed by atoms with E-state index < -0.39 is 6.43 Å². The third-order valence-corrected chi connectivity index (χ3v) is 2.43. The number of hydrogen-bond acceptors (Lipinski definition) is 1. The highest BCUT2D eigenvalue weighted by Gasteiger charge is 2.14. The zero-order valence-corrected chi connectivity index (χ0v) is 8.20. The second-order valence-corrected chi connectivity index (χ2v) is 3.12. The summed E-state index contributed by atoms with van der Waals surface area (Å²) in [6.45, 7) is 3.42. The third kappa shape index (κ3) is 1.97. The first-order valence-electron chi connectivity index (χ1n) is 3.87. The van der Waals surface area contributed by atoms with Crippen molar-refractivity contribution >= 4 is 11.6 Å². The van der Waals surface area contributed by atoms with E-state index in [2.05, 4.69) is 4.98 Å². The fourth-order valence-corrected chi connectivity index (χ4v) is 1.40. The first kappa shape index (κ1) is 10.4. The number of aromatic nitrogens is 1. The molecule has 0 N–H and O–H groups in total. The van der Waals surface area contributed by atoms with Crippen LogP contribution in [0.3, 0.4) is 0 Å². The van der Waals surface area contributed by atoms with Gasteiger partial charge < -0.3 is 0 Å². The number of pyridine rings is 1. The largest absolute Gasteiger partial charge is 0.280 e. The lowest BCUT2D eigenvalue weighted by Crippen LogP contribution is -2.00. The van der Waals surface area contributed by atoms with Crippen LogP contribution in [0, 0.1) is 13.8 Å². The van der Waals surface area contributed by atoms with Gasteiger partial charge in [0, 0.05) is 12.1 Å². The normalized spacial score (nSPS) is 10.9. The van der Waals surface area contributed by atoms with Crippen LogP contribution in [0.5, 0.6) is 0 Å². The Labute approximate surface area is 80.7 Å². The second-order valence-electron chi connectivity index (χ2n) is 2.85. The Morgan fingerprint density at radius 3 is 2.46 bits per heavy atom. The minimum Gasteiger partial charge on any atom is -0.255 e. The molecule has 0 aliphatic carbocycles. The summed E-state index contributed by atoms with van der Waals surface area (Å²) in [5, 5.41) is 0. The lowest BCUT2D eigenvalue weighted by Gasteiger charge is -2.09. The van der Waals surface area contributed by atoms with Gasteiger partial charge in [-0.15, -0.1) is 11.6 Å². The molecule has 4 heteroatoms. The van der Waals surface area contributed by atoms with Crippen LogP contribution in [0.4, 0.5) is 8.78 Å². The fourth-order valence-electron chi connectivity index (χ4n) is 1.13. The molecule has 13 heavy (non-hydrogen) atoms. The van der Waals surface area contributed by atoms with Crippen molar-refractivity contribution in [1.82, 2.24) is 4.98 Å². The molecule has 0 aliphatic heterocycles. The summed E-state index contributed by atoms with van der Waals surface area (Å²) < 4.78 is 24.7. The summed E-state index contributed by atoms with van der Waals surface area (Å²) in [7, 11) is 0. The molecule has 0 saturated carbocycles. The molecular weight excluding hydrogens is 196 g/mol. The summed E-state index contributed by atoms with van der Waals surface area (Å²) in [4.78, 5) is 3.67. The predicted molar refractivity (Wildman–Crippen MR) is 48.2 cm³/mol. The van der Waals surface area contributed by atoms with Crippen molar-refractivity contribution in [3.8, 4) is 0 Å². The van der Waals surface area contributed by atoms with Gasteiger partial charge in [0.25, 0.3) is 6.43 Å². The molecule has 0 aliphatic rings. The van der Waals surface area contributed by atoms with Crippen LogP contribution in [-0.4, -0.2) is 4.98 Å². The van der Waals surface area contributed by atoms with E-state index in [4.69, 9.17) is 11.6 Å². The molecule has 0 spiro atoms. The molecule has 0 bridgehead atoms. The van der Waals surface area contributed by atoms with Crippen LogP contribution < -0.4 is 0 Å². The van der Waals surface area contributed by atoms with Gasteiger partial charge in [0.05, 0.1) is 0 Å². The van der Waals surface area contributed by atoms with E-state index in [0.29, 0.717) is 11.4 Å². The number of nitrogens with zero attached hydrogens (tertiary/aromatic N) is 1. The van der Waals surface area contributed by atoms with Gasteiger partial charge in [-0.1, -0.05) is 0 Å². The molecule has 1 rings (SSSR count). The van der Waals surface area contributed by atoms with Gasteiger partial charge in [-0.2, -0.15) is 0 Å². The summed E-state index contributed by atoms with van der Waals surface area (Å²) in [6.07, 6.45) is -1.10. The Bertz CT molecular complexity index is 313. The van der Waals surface area contributed by atoms with Crippen molar-refractivity contribution < 1.29 is 8.78 Å². The van der Waals surface area contributed by atoms with Gasteiger partial charge in [0.2, 0.25) is 0 Å². The Kier molecular flexibility index (Phi) is 3.20. The highest BCUT2D eigenvalue weighted by Crippen LogP contribution is 2.24. The van der Waals surface area contributed by atoms with Crippen molar-refractivity contribution in [2.24, 2.45) is 0 Å². The molecule has 1 nitrogen and oxygen atoms in total. The third-order valence-electron chi connectivity index (χ3n) is 2.14. The second kappa shape index (κ2) is 4.01. The summed E-state index contributed by atoms with van der Waals surface area (Å²) in [6, 6.07) is 0. The molecule has 0 amide bonds. The van der Waals surface area contributed by atoms with E-state index in [1.165, 1.54) is 6.20 Å². The van der Waals surface area contributed by atoms with Crippen LogP contribution in [0.1, 0.15) is 28.8 Å². The highest BCUT2D eigenvalue weighted by atomic mass is 35.5. The first-order valence-corrected chi connectivity index (χ1v) is 4.40. The number of rotatable bonds is 2. The Morgan fingerprint density at radius 1 is 1.38 bits per heavy atom. The van der Waals surface area contributed by atoms with E-state index >= 15 is 0 Å². The zero-order valence-electron chi connectivity index (χ0n) is 7.44. The lowest BCUT2D eigenvalue weighted by atomic mass is 10.1. The molecule has 0 fully saturated rings. The maximum Gasteiger partial charge on any atom is 0.280 e. The van der Waals surface area contributed by atoms with Gasteiger partial charge in [-0.25, -0.2) is 8.78 Å². The standard InChI is InChI=1S/C9H10ClF2N/c1-5-6(2)8(9(11)12)13-4-7(5)3-10/h4,9H,3H2,1-2H3. The maximum atomic E-state index is 12.3. The minimum atomic E-state index is -2.51. The molecule has 0 unspecified atom stereocenters. The van der Waals surface area contributed by atoms with E-state index in [9.17, 15) is 8.78 Å². The van der Waals surface area contributed by atoms with Crippen molar-refractivity contribution in [2.45, 2.75) is 26.2 Å².